The van der Waals surface area contributed by atoms with Crippen LogP contribution in [-0.4, -0.2) is 6.61 Å². The van der Waals surface area contributed by atoms with Gasteiger partial charge in [-0.05, 0) is 18.3 Å². The van der Waals surface area contributed by atoms with Crippen LogP contribution in [-0.2, 0) is 4.74 Å². The number of hydrogen-bond acceptors (Lipinski definition) is 1. The maximum atomic E-state index is 5.10. The van der Waals surface area contributed by atoms with E-state index in [2.05, 4.69) is 27.4 Å². The number of hydrogen-bond donors (Lipinski definition) is 0. The van der Waals surface area contributed by atoms with Gasteiger partial charge in [-0.2, -0.15) is 0 Å². The molecule has 78 valence electrons. The van der Waals surface area contributed by atoms with Crippen LogP contribution in [0.2, 0.25) is 0 Å². The molecular formula is C12H24O. The Balaban J connectivity index is 3.19. The molecule has 0 aromatic heterocycles. The first-order chi connectivity index (χ1) is 6.16. The van der Waals surface area contributed by atoms with Crippen LogP contribution in [0.1, 0.15) is 46.5 Å². The predicted molar refractivity (Wildman–Crippen MR) is 58.6 cm³/mol. The third kappa shape index (κ3) is 9.45. The van der Waals surface area contributed by atoms with E-state index in [-0.39, 0.29) is 0 Å². The maximum Gasteiger partial charge on any atom is 0.0875 e. The van der Waals surface area contributed by atoms with Gasteiger partial charge in [-0.15, -0.1) is 0 Å². The molecule has 0 bridgehead atoms. The van der Waals surface area contributed by atoms with Crippen molar-refractivity contribution in [2.45, 2.75) is 46.5 Å². The number of ether oxygens (including phenoxy) is 1. The lowest BCUT2D eigenvalue weighted by molar-refractivity contribution is 0.222. The summed E-state index contributed by atoms with van der Waals surface area (Å²) in [5.41, 5.74) is 0. The van der Waals surface area contributed by atoms with Crippen molar-refractivity contribution in [2.75, 3.05) is 6.61 Å². The molecule has 0 rings (SSSR count). The van der Waals surface area contributed by atoms with Gasteiger partial charge in [-0.1, -0.05) is 46.6 Å². The Morgan fingerprint density at radius 2 is 1.85 bits per heavy atom. The zero-order chi connectivity index (χ0) is 10.1. The molecular weight excluding hydrogens is 160 g/mol. The van der Waals surface area contributed by atoms with Crippen LogP contribution in [0.5, 0.6) is 0 Å². The van der Waals surface area contributed by atoms with Crippen molar-refractivity contribution in [1.29, 1.82) is 0 Å². The minimum Gasteiger partial charge on any atom is -0.502 e. The predicted octanol–water partition coefficient (Wildman–Crippen LogP) is 4.00. The molecule has 1 atom stereocenters. The van der Waals surface area contributed by atoms with Crippen LogP contribution < -0.4 is 0 Å². The van der Waals surface area contributed by atoms with Crippen molar-refractivity contribution >= 4 is 0 Å². The van der Waals surface area contributed by atoms with Crippen LogP contribution in [0.4, 0.5) is 0 Å². The molecule has 13 heavy (non-hydrogen) atoms. The van der Waals surface area contributed by atoms with Crippen molar-refractivity contribution in [3.05, 3.63) is 12.8 Å². The molecule has 0 saturated heterocycles. The topological polar surface area (TPSA) is 9.23 Å². The first-order valence-corrected chi connectivity index (χ1v) is 5.39. The fraction of sp³-hybridized carbons (Fsp3) is 0.833. The van der Waals surface area contributed by atoms with Crippen LogP contribution in [0.25, 0.3) is 0 Å². The average molecular weight is 184 g/mol. The molecule has 0 aromatic rings. The summed E-state index contributed by atoms with van der Waals surface area (Å²) < 4.78 is 5.10. The Hall–Kier alpha value is -0.460. The summed E-state index contributed by atoms with van der Waals surface area (Å²) in [7, 11) is 0. The van der Waals surface area contributed by atoms with Gasteiger partial charge in [-0.3, -0.25) is 0 Å². The molecule has 1 nitrogen and oxygen atoms in total. The third-order valence-electron chi connectivity index (χ3n) is 2.32. The molecule has 0 aromatic carbocycles. The van der Waals surface area contributed by atoms with Crippen molar-refractivity contribution in [2.24, 2.45) is 11.8 Å². The van der Waals surface area contributed by atoms with E-state index in [0.29, 0.717) is 0 Å². The second kappa shape index (κ2) is 8.15. The lowest BCUT2D eigenvalue weighted by Crippen LogP contribution is -2.00. The maximum absolute atomic E-state index is 5.10. The lowest BCUT2D eigenvalue weighted by Gasteiger charge is -2.11. The Morgan fingerprint density at radius 1 is 1.15 bits per heavy atom. The van der Waals surface area contributed by atoms with Crippen molar-refractivity contribution in [1.82, 2.24) is 0 Å². The van der Waals surface area contributed by atoms with Crippen LogP contribution in [0.15, 0.2) is 12.8 Å². The first kappa shape index (κ1) is 12.5. The number of rotatable bonds is 8. The third-order valence-corrected chi connectivity index (χ3v) is 2.32. The summed E-state index contributed by atoms with van der Waals surface area (Å²) in [4.78, 5) is 0. The summed E-state index contributed by atoms with van der Waals surface area (Å²) >= 11 is 0. The summed E-state index contributed by atoms with van der Waals surface area (Å²) in [6.45, 7) is 11.2. The van der Waals surface area contributed by atoms with Gasteiger partial charge in [0.25, 0.3) is 0 Å². The first-order valence-electron chi connectivity index (χ1n) is 5.39. The molecule has 0 aliphatic rings. The van der Waals surface area contributed by atoms with Gasteiger partial charge in [0.1, 0.15) is 0 Å². The second-order valence-electron chi connectivity index (χ2n) is 4.26. The molecule has 0 amide bonds. The van der Waals surface area contributed by atoms with Crippen molar-refractivity contribution < 1.29 is 4.74 Å². The summed E-state index contributed by atoms with van der Waals surface area (Å²) in [5, 5.41) is 0. The van der Waals surface area contributed by atoms with E-state index in [9.17, 15) is 0 Å². The Kier molecular flexibility index (Phi) is 7.86. The Bertz CT molecular complexity index is 118. The van der Waals surface area contributed by atoms with E-state index in [4.69, 9.17) is 4.74 Å². The highest BCUT2D eigenvalue weighted by atomic mass is 16.5. The van der Waals surface area contributed by atoms with E-state index in [1.165, 1.54) is 25.5 Å². The van der Waals surface area contributed by atoms with E-state index < -0.39 is 0 Å². The summed E-state index contributed by atoms with van der Waals surface area (Å²) in [6, 6.07) is 0. The molecule has 0 fully saturated rings. The smallest absolute Gasteiger partial charge is 0.0875 e. The quantitative estimate of drug-likeness (QED) is 0.409. The largest absolute Gasteiger partial charge is 0.502 e. The van der Waals surface area contributed by atoms with Crippen molar-refractivity contribution in [3.63, 3.8) is 0 Å². The highest BCUT2D eigenvalue weighted by molar-refractivity contribution is 4.56. The molecule has 1 unspecified atom stereocenters. The van der Waals surface area contributed by atoms with Crippen molar-refractivity contribution in [3.8, 4) is 0 Å². The van der Waals surface area contributed by atoms with Gasteiger partial charge in [0.2, 0.25) is 0 Å². The van der Waals surface area contributed by atoms with Gasteiger partial charge in [0.15, 0.2) is 0 Å². The SMILES string of the molecule is C=COCCC(C)CCCC(C)C. The molecule has 0 aliphatic carbocycles. The van der Waals surface area contributed by atoms with Crippen LogP contribution in [0.3, 0.4) is 0 Å². The average Bonchev–Trinajstić information content (AvgIpc) is 2.04. The summed E-state index contributed by atoms with van der Waals surface area (Å²) in [5.74, 6) is 1.63. The molecule has 0 saturated carbocycles. The molecule has 1 heteroatoms. The van der Waals surface area contributed by atoms with Gasteiger partial charge >= 0.3 is 0 Å². The van der Waals surface area contributed by atoms with Gasteiger partial charge < -0.3 is 4.74 Å². The highest BCUT2D eigenvalue weighted by Crippen LogP contribution is 2.14. The molecule has 0 heterocycles. The Morgan fingerprint density at radius 3 is 2.38 bits per heavy atom. The minimum atomic E-state index is 0.790. The molecule has 0 radical (unpaired) electrons. The van der Waals surface area contributed by atoms with Gasteiger partial charge in [-0.25, -0.2) is 0 Å². The van der Waals surface area contributed by atoms with E-state index >= 15 is 0 Å². The molecule has 0 spiro atoms. The summed E-state index contributed by atoms with van der Waals surface area (Å²) in [6.07, 6.45) is 6.73. The van der Waals surface area contributed by atoms with E-state index in [1.54, 1.807) is 0 Å². The van der Waals surface area contributed by atoms with Gasteiger partial charge in [0.05, 0.1) is 12.9 Å². The minimum absolute atomic E-state index is 0.790. The van der Waals surface area contributed by atoms with E-state index in [0.717, 1.165) is 24.9 Å². The second-order valence-corrected chi connectivity index (χ2v) is 4.26. The molecule has 0 N–H and O–H groups in total. The molecule has 0 aliphatic heterocycles. The van der Waals surface area contributed by atoms with Crippen LogP contribution in [0, 0.1) is 11.8 Å². The Labute approximate surface area is 83.2 Å². The fourth-order valence-corrected chi connectivity index (χ4v) is 1.37. The van der Waals surface area contributed by atoms with Crippen LogP contribution >= 0.6 is 0 Å². The zero-order valence-corrected chi connectivity index (χ0v) is 9.38. The fourth-order valence-electron chi connectivity index (χ4n) is 1.37. The highest BCUT2D eigenvalue weighted by Gasteiger charge is 2.02. The standard InChI is InChI=1S/C12H24O/c1-5-13-10-9-12(4)8-6-7-11(2)3/h5,11-12H,1,6-10H2,2-4H3. The van der Waals surface area contributed by atoms with E-state index in [1.807, 2.05) is 0 Å². The monoisotopic (exact) mass is 184 g/mol. The van der Waals surface area contributed by atoms with Gasteiger partial charge in [0, 0.05) is 0 Å². The normalized spacial score (nSPS) is 12.9. The zero-order valence-electron chi connectivity index (χ0n) is 9.38. The lowest BCUT2D eigenvalue weighted by atomic mass is 9.98.